The average molecular weight is 327 g/mol. The lowest BCUT2D eigenvalue weighted by Crippen LogP contribution is -2.12. The molecule has 20 heavy (non-hydrogen) atoms. The Morgan fingerprint density at radius 3 is 2.80 bits per heavy atom. The zero-order valence-corrected chi connectivity index (χ0v) is 13.4. The molecule has 1 aromatic heterocycles. The summed E-state index contributed by atoms with van der Waals surface area (Å²) in [6, 6.07) is 7.11. The Balaban J connectivity index is 1.66. The number of halogens is 1. The van der Waals surface area contributed by atoms with Crippen LogP contribution in [0.4, 0.5) is 5.69 Å². The van der Waals surface area contributed by atoms with Gasteiger partial charge in [-0.05, 0) is 31.2 Å². The summed E-state index contributed by atoms with van der Waals surface area (Å²) in [5.41, 5.74) is 1.87. The Hall–Kier alpha value is -1.04. The van der Waals surface area contributed by atoms with Crippen molar-refractivity contribution in [2.24, 2.45) is 0 Å². The number of anilines is 1. The molecule has 0 aliphatic rings. The first-order valence-electron chi connectivity index (χ1n) is 6.17. The highest BCUT2D eigenvalue weighted by Gasteiger charge is 2.03. The Morgan fingerprint density at radius 2 is 2.15 bits per heavy atom. The molecule has 1 heterocycles. The van der Waals surface area contributed by atoms with Gasteiger partial charge in [0.05, 0.1) is 10.7 Å². The van der Waals surface area contributed by atoms with Crippen molar-refractivity contribution in [3.05, 3.63) is 45.4 Å². The lowest BCUT2D eigenvalue weighted by molar-refractivity contribution is -0.115. The zero-order valence-electron chi connectivity index (χ0n) is 11.1. The SMILES string of the molecule is Cc1nc(CSCCC(=O)Nc2ccc(Cl)cc2)cs1. The minimum absolute atomic E-state index is 0.0225. The van der Waals surface area contributed by atoms with Crippen molar-refractivity contribution in [3.63, 3.8) is 0 Å². The predicted octanol–water partition coefficient (Wildman–Crippen LogP) is 4.37. The maximum atomic E-state index is 11.7. The summed E-state index contributed by atoms with van der Waals surface area (Å²) in [7, 11) is 0. The van der Waals surface area contributed by atoms with Gasteiger partial charge in [0, 0.05) is 34.0 Å². The van der Waals surface area contributed by atoms with Crippen LogP contribution in [0.25, 0.3) is 0 Å². The standard InChI is InChI=1S/C14H15ClN2OS2/c1-10-16-13(9-20-10)8-19-7-6-14(18)17-12-4-2-11(15)3-5-12/h2-5,9H,6-8H2,1H3,(H,17,18). The first-order chi connectivity index (χ1) is 9.63. The summed E-state index contributed by atoms with van der Waals surface area (Å²) >= 11 is 9.17. The van der Waals surface area contributed by atoms with Crippen LogP contribution in [0.2, 0.25) is 5.02 Å². The average Bonchev–Trinajstić information content (AvgIpc) is 2.83. The molecule has 0 aliphatic heterocycles. The van der Waals surface area contributed by atoms with Gasteiger partial charge in [0.25, 0.3) is 0 Å². The van der Waals surface area contributed by atoms with Crippen LogP contribution >= 0.6 is 34.7 Å². The molecule has 1 aromatic carbocycles. The van der Waals surface area contributed by atoms with Crippen molar-refractivity contribution in [2.45, 2.75) is 19.1 Å². The van der Waals surface area contributed by atoms with Crippen LogP contribution in [-0.2, 0) is 10.5 Å². The Labute approximate surface area is 131 Å². The Bertz CT molecular complexity index is 569. The molecule has 2 rings (SSSR count). The number of hydrogen-bond acceptors (Lipinski definition) is 4. The minimum Gasteiger partial charge on any atom is -0.326 e. The maximum Gasteiger partial charge on any atom is 0.225 e. The largest absolute Gasteiger partial charge is 0.326 e. The second kappa shape index (κ2) is 7.67. The van der Waals surface area contributed by atoms with Crippen molar-refractivity contribution in [3.8, 4) is 0 Å². The van der Waals surface area contributed by atoms with Gasteiger partial charge >= 0.3 is 0 Å². The fraction of sp³-hybridized carbons (Fsp3) is 0.286. The number of carbonyl (C=O) groups is 1. The fourth-order valence-corrected chi connectivity index (χ4v) is 3.25. The lowest BCUT2D eigenvalue weighted by Gasteiger charge is -2.04. The third kappa shape index (κ3) is 5.15. The molecule has 0 radical (unpaired) electrons. The number of nitrogens with zero attached hydrogens (tertiary/aromatic N) is 1. The van der Waals surface area contributed by atoms with Crippen molar-refractivity contribution in [1.29, 1.82) is 0 Å². The first-order valence-corrected chi connectivity index (χ1v) is 8.59. The molecule has 0 atom stereocenters. The topological polar surface area (TPSA) is 42.0 Å². The smallest absolute Gasteiger partial charge is 0.225 e. The number of amides is 1. The molecule has 0 saturated carbocycles. The van der Waals surface area contributed by atoms with Gasteiger partial charge in [-0.25, -0.2) is 4.98 Å². The van der Waals surface area contributed by atoms with Crippen LogP contribution in [0, 0.1) is 6.92 Å². The van der Waals surface area contributed by atoms with E-state index in [9.17, 15) is 4.79 Å². The molecular formula is C14H15ClN2OS2. The van der Waals surface area contributed by atoms with E-state index in [1.165, 1.54) is 0 Å². The van der Waals surface area contributed by atoms with Gasteiger partial charge in [-0.1, -0.05) is 11.6 Å². The molecule has 1 N–H and O–H groups in total. The number of carbonyl (C=O) groups excluding carboxylic acids is 1. The van der Waals surface area contributed by atoms with E-state index < -0.39 is 0 Å². The second-order valence-electron chi connectivity index (χ2n) is 4.22. The van der Waals surface area contributed by atoms with Gasteiger partial charge in [-0.2, -0.15) is 11.8 Å². The van der Waals surface area contributed by atoms with Crippen LogP contribution < -0.4 is 5.32 Å². The molecule has 1 amide bonds. The third-order valence-electron chi connectivity index (χ3n) is 2.52. The molecule has 106 valence electrons. The van der Waals surface area contributed by atoms with Gasteiger partial charge in [-0.3, -0.25) is 4.79 Å². The summed E-state index contributed by atoms with van der Waals surface area (Å²) in [6.45, 7) is 2.00. The number of hydrogen-bond donors (Lipinski definition) is 1. The fourth-order valence-electron chi connectivity index (χ4n) is 1.57. The van der Waals surface area contributed by atoms with E-state index in [1.807, 2.05) is 6.92 Å². The van der Waals surface area contributed by atoms with Crippen LogP contribution in [-0.4, -0.2) is 16.6 Å². The zero-order chi connectivity index (χ0) is 14.4. The molecule has 6 heteroatoms. The monoisotopic (exact) mass is 326 g/mol. The molecule has 0 spiro atoms. The van der Waals surface area contributed by atoms with E-state index in [0.717, 1.165) is 27.9 Å². The molecule has 0 fully saturated rings. The van der Waals surface area contributed by atoms with E-state index in [1.54, 1.807) is 47.4 Å². The minimum atomic E-state index is 0.0225. The first kappa shape index (κ1) is 15.4. The predicted molar refractivity (Wildman–Crippen MR) is 87.7 cm³/mol. The Kier molecular flexibility index (Phi) is 5.88. The van der Waals surface area contributed by atoms with Gasteiger partial charge in [-0.15, -0.1) is 11.3 Å². The number of thioether (sulfide) groups is 1. The summed E-state index contributed by atoms with van der Waals surface area (Å²) in [6.07, 6.45) is 0.496. The highest BCUT2D eigenvalue weighted by atomic mass is 35.5. The summed E-state index contributed by atoms with van der Waals surface area (Å²) in [5.74, 6) is 1.67. The van der Waals surface area contributed by atoms with Crippen LogP contribution in [0.5, 0.6) is 0 Å². The summed E-state index contributed by atoms with van der Waals surface area (Å²) < 4.78 is 0. The van der Waals surface area contributed by atoms with E-state index >= 15 is 0 Å². The molecular weight excluding hydrogens is 312 g/mol. The van der Waals surface area contributed by atoms with Crippen molar-refractivity contribution in [1.82, 2.24) is 4.98 Å². The molecule has 0 aliphatic carbocycles. The molecule has 0 saturated heterocycles. The van der Waals surface area contributed by atoms with E-state index in [0.29, 0.717) is 11.4 Å². The number of thiazole rings is 1. The molecule has 3 nitrogen and oxygen atoms in total. The quantitative estimate of drug-likeness (QED) is 0.802. The van der Waals surface area contributed by atoms with Crippen molar-refractivity contribution >= 4 is 46.3 Å². The lowest BCUT2D eigenvalue weighted by atomic mass is 10.3. The van der Waals surface area contributed by atoms with Gasteiger partial charge in [0.15, 0.2) is 0 Å². The molecule has 0 bridgehead atoms. The van der Waals surface area contributed by atoms with Gasteiger partial charge in [0.1, 0.15) is 0 Å². The van der Waals surface area contributed by atoms with Crippen LogP contribution in [0.15, 0.2) is 29.6 Å². The Morgan fingerprint density at radius 1 is 1.40 bits per heavy atom. The number of benzene rings is 1. The highest BCUT2D eigenvalue weighted by Crippen LogP contribution is 2.17. The van der Waals surface area contributed by atoms with E-state index in [4.69, 9.17) is 11.6 Å². The number of nitrogens with one attached hydrogen (secondary N) is 1. The highest BCUT2D eigenvalue weighted by molar-refractivity contribution is 7.98. The van der Waals surface area contributed by atoms with Crippen molar-refractivity contribution < 1.29 is 4.79 Å². The third-order valence-corrected chi connectivity index (χ3v) is 4.58. The number of aryl methyl sites for hydroxylation is 1. The second-order valence-corrected chi connectivity index (χ2v) is 6.82. The normalized spacial score (nSPS) is 10.5. The van der Waals surface area contributed by atoms with Crippen LogP contribution in [0.3, 0.4) is 0 Å². The van der Waals surface area contributed by atoms with Gasteiger partial charge in [0.2, 0.25) is 5.91 Å². The van der Waals surface area contributed by atoms with Crippen LogP contribution in [0.1, 0.15) is 17.1 Å². The van der Waals surface area contributed by atoms with E-state index in [-0.39, 0.29) is 5.91 Å². The summed E-state index contributed by atoms with van der Waals surface area (Å²) in [5, 5.41) is 6.66. The number of rotatable bonds is 6. The molecule has 0 unspecified atom stereocenters. The van der Waals surface area contributed by atoms with E-state index in [2.05, 4.69) is 15.7 Å². The molecule has 2 aromatic rings. The summed E-state index contributed by atoms with van der Waals surface area (Å²) in [4.78, 5) is 16.1. The number of aromatic nitrogens is 1. The van der Waals surface area contributed by atoms with Gasteiger partial charge < -0.3 is 5.32 Å². The maximum absolute atomic E-state index is 11.7. The van der Waals surface area contributed by atoms with Crippen molar-refractivity contribution in [2.75, 3.05) is 11.1 Å².